The summed E-state index contributed by atoms with van der Waals surface area (Å²) in [6, 6.07) is 21.2. The van der Waals surface area contributed by atoms with Crippen LogP contribution < -0.4 is 14.4 Å². The van der Waals surface area contributed by atoms with Gasteiger partial charge in [-0.3, -0.25) is 13.9 Å². The molecule has 1 N–H and O–H groups in total. The number of hydrogen-bond acceptors (Lipinski definition) is 5. The van der Waals surface area contributed by atoms with E-state index in [-0.39, 0.29) is 17.3 Å². The van der Waals surface area contributed by atoms with E-state index >= 15 is 0 Å². The molecule has 0 saturated carbocycles. The van der Waals surface area contributed by atoms with Crippen molar-refractivity contribution in [1.29, 1.82) is 0 Å². The summed E-state index contributed by atoms with van der Waals surface area (Å²) in [6.45, 7) is 3.90. The second kappa shape index (κ2) is 14.1. The maximum Gasteiger partial charge on any atom is 0.264 e. The molecule has 0 bridgehead atoms. The van der Waals surface area contributed by atoms with Gasteiger partial charge in [-0.05, 0) is 60.9 Å². The first-order valence-corrected chi connectivity index (χ1v) is 15.0. The second-order valence-corrected chi connectivity index (χ2v) is 11.7. The Kier molecular flexibility index (Phi) is 10.9. The van der Waals surface area contributed by atoms with Crippen LogP contribution in [0.25, 0.3) is 0 Å². The molecule has 8 nitrogen and oxygen atoms in total. The number of hydrogen-bond donors (Lipinski definition) is 1. The highest BCUT2D eigenvalue weighted by Gasteiger charge is 2.33. The Labute approximate surface area is 239 Å². The Bertz CT molecular complexity index is 1350. The summed E-state index contributed by atoms with van der Waals surface area (Å²) in [5.74, 6) is -0.107. The molecular formula is C29H34BrN3O5S. The van der Waals surface area contributed by atoms with Crippen molar-refractivity contribution in [3.05, 3.63) is 88.9 Å². The fourth-order valence-electron chi connectivity index (χ4n) is 4.09. The van der Waals surface area contributed by atoms with Gasteiger partial charge < -0.3 is 15.0 Å². The number of halogens is 1. The van der Waals surface area contributed by atoms with Crippen molar-refractivity contribution in [2.45, 2.75) is 44.2 Å². The van der Waals surface area contributed by atoms with E-state index in [1.54, 1.807) is 61.7 Å². The molecule has 10 heteroatoms. The highest BCUT2D eigenvalue weighted by Crippen LogP contribution is 2.27. The SMILES string of the molecule is CCCNC(=O)[C@H](CC)N(Cc1ccc(OC)cc1)C(=O)CN(c1cccc(Br)c1)S(=O)(=O)c1ccccc1. The highest BCUT2D eigenvalue weighted by molar-refractivity contribution is 9.10. The van der Waals surface area contributed by atoms with Crippen LogP contribution in [0.5, 0.6) is 5.75 Å². The lowest BCUT2D eigenvalue weighted by Crippen LogP contribution is -2.52. The Morgan fingerprint density at radius 1 is 0.974 bits per heavy atom. The number of benzene rings is 3. The summed E-state index contributed by atoms with van der Waals surface area (Å²) < 4.78 is 34.6. The van der Waals surface area contributed by atoms with Crippen molar-refractivity contribution in [1.82, 2.24) is 10.2 Å². The molecule has 0 saturated heterocycles. The van der Waals surface area contributed by atoms with E-state index in [4.69, 9.17) is 4.74 Å². The molecule has 0 heterocycles. The molecule has 3 aromatic carbocycles. The molecule has 0 aliphatic carbocycles. The fraction of sp³-hybridized carbons (Fsp3) is 0.310. The summed E-state index contributed by atoms with van der Waals surface area (Å²) in [4.78, 5) is 28.6. The Balaban J connectivity index is 2.03. The van der Waals surface area contributed by atoms with E-state index in [2.05, 4.69) is 21.2 Å². The van der Waals surface area contributed by atoms with Gasteiger partial charge in [-0.2, -0.15) is 0 Å². The third-order valence-electron chi connectivity index (χ3n) is 6.15. The minimum atomic E-state index is -4.10. The van der Waals surface area contributed by atoms with E-state index in [1.807, 2.05) is 26.0 Å². The lowest BCUT2D eigenvalue weighted by molar-refractivity contribution is -0.140. The molecule has 39 heavy (non-hydrogen) atoms. The van der Waals surface area contributed by atoms with Gasteiger partial charge in [0.2, 0.25) is 11.8 Å². The number of nitrogens with zero attached hydrogens (tertiary/aromatic N) is 2. The van der Waals surface area contributed by atoms with Crippen LogP contribution in [0.4, 0.5) is 5.69 Å². The topological polar surface area (TPSA) is 96.0 Å². The average Bonchev–Trinajstić information content (AvgIpc) is 2.95. The molecule has 0 aliphatic heterocycles. The van der Waals surface area contributed by atoms with Crippen LogP contribution in [0.1, 0.15) is 32.3 Å². The molecule has 0 fully saturated rings. The van der Waals surface area contributed by atoms with Crippen molar-refractivity contribution in [3.63, 3.8) is 0 Å². The first kappa shape index (κ1) is 30.2. The lowest BCUT2D eigenvalue weighted by Gasteiger charge is -2.33. The summed E-state index contributed by atoms with van der Waals surface area (Å²) in [5.41, 5.74) is 1.11. The number of nitrogens with one attached hydrogen (secondary N) is 1. The molecule has 0 spiro atoms. The van der Waals surface area contributed by atoms with Gasteiger partial charge in [-0.1, -0.05) is 66.2 Å². The molecule has 3 rings (SSSR count). The van der Waals surface area contributed by atoms with Gasteiger partial charge in [0, 0.05) is 17.6 Å². The molecule has 1 atom stereocenters. The van der Waals surface area contributed by atoms with Crippen LogP contribution in [0.15, 0.2) is 88.2 Å². The van der Waals surface area contributed by atoms with Gasteiger partial charge >= 0.3 is 0 Å². The Morgan fingerprint density at radius 3 is 2.26 bits per heavy atom. The van der Waals surface area contributed by atoms with Crippen molar-refractivity contribution in [2.75, 3.05) is 24.5 Å². The second-order valence-electron chi connectivity index (χ2n) is 8.89. The number of methoxy groups -OCH3 is 1. The summed E-state index contributed by atoms with van der Waals surface area (Å²) in [6.07, 6.45) is 1.11. The van der Waals surface area contributed by atoms with Crippen LogP contribution >= 0.6 is 15.9 Å². The molecule has 3 aromatic rings. The van der Waals surface area contributed by atoms with Gasteiger partial charge in [0.15, 0.2) is 0 Å². The normalized spacial score (nSPS) is 11.9. The smallest absolute Gasteiger partial charge is 0.264 e. The predicted molar refractivity (Wildman–Crippen MR) is 156 cm³/mol. The number of carbonyl (C=O) groups excluding carboxylic acids is 2. The molecule has 2 amide bonds. The van der Waals surface area contributed by atoms with Gasteiger partial charge in [-0.25, -0.2) is 8.42 Å². The van der Waals surface area contributed by atoms with Gasteiger partial charge in [-0.15, -0.1) is 0 Å². The summed E-state index contributed by atoms with van der Waals surface area (Å²) in [7, 11) is -2.53. The predicted octanol–water partition coefficient (Wildman–Crippen LogP) is 4.99. The van der Waals surface area contributed by atoms with Crippen LogP contribution in [0, 0.1) is 0 Å². The van der Waals surface area contributed by atoms with E-state index in [0.29, 0.717) is 28.9 Å². The quantitative estimate of drug-likeness (QED) is 0.292. The first-order valence-electron chi connectivity index (χ1n) is 12.7. The van der Waals surface area contributed by atoms with Crippen molar-refractivity contribution in [2.24, 2.45) is 0 Å². The monoisotopic (exact) mass is 615 g/mol. The van der Waals surface area contributed by atoms with Crippen LogP contribution in [-0.2, 0) is 26.2 Å². The van der Waals surface area contributed by atoms with Crippen molar-refractivity contribution in [3.8, 4) is 5.75 Å². The highest BCUT2D eigenvalue weighted by atomic mass is 79.9. The van der Waals surface area contributed by atoms with Crippen LogP contribution in [0.3, 0.4) is 0 Å². The zero-order valence-corrected chi connectivity index (χ0v) is 24.7. The van der Waals surface area contributed by atoms with E-state index in [9.17, 15) is 18.0 Å². The van der Waals surface area contributed by atoms with Crippen LogP contribution in [-0.4, -0.2) is 51.4 Å². The molecule has 0 radical (unpaired) electrons. The van der Waals surface area contributed by atoms with Crippen LogP contribution in [0.2, 0.25) is 0 Å². The fourth-order valence-corrected chi connectivity index (χ4v) is 5.91. The Morgan fingerprint density at radius 2 is 1.67 bits per heavy atom. The standard InChI is InChI=1S/C29H34BrN3O5S/c1-4-18-31-29(35)27(5-2)32(20-22-14-16-25(38-3)17-15-22)28(34)21-33(24-11-9-10-23(30)19-24)39(36,37)26-12-7-6-8-13-26/h6-17,19,27H,4-5,18,20-21H2,1-3H3,(H,31,35)/t27-/m0/s1. The number of rotatable bonds is 13. The maximum atomic E-state index is 14.0. The van der Waals surface area contributed by atoms with Crippen molar-refractivity contribution < 1.29 is 22.7 Å². The number of ether oxygens (including phenoxy) is 1. The Hall–Kier alpha value is -3.37. The minimum absolute atomic E-state index is 0.0622. The van der Waals surface area contributed by atoms with Gasteiger partial charge in [0.1, 0.15) is 18.3 Å². The van der Waals surface area contributed by atoms with Gasteiger partial charge in [0.25, 0.3) is 10.0 Å². The zero-order chi connectivity index (χ0) is 28.4. The zero-order valence-electron chi connectivity index (χ0n) is 22.3. The maximum absolute atomic E-state index is 14.0. The van der Waals surface area contributed by atoms with E-state index in [1.165, 1.54) is 17.0 Å². The number of carbonyl (C=O) groups is 2. The third kappa shape index (κ3) is 7.83. The number of sulfonamides is 1. The molecule has 0 aromatic heterocycles. The minimum Gasteiger partial charge on any atom is -0.497 e. The largest absolute Gasteiger partial charge is 0.497 e. The summed E-state index contributed by atoms with van der Waals surface area (Å²) >= 11 is 3.40. The molecule has 0 aliphatic rings. The lowest BCUT2D eigenvalue weighted by atomic mass is 10.1. The molecule has 0 unspecified atom stereocenters. The summed E-state index contributed by atoms with van der Waals surface area (Å²) in [5, 5.41) is 2.88. The van der Waals surface area contributed by atoms with E-state index < -0.39 is 28.5 Å². The molecule has 208 valence electrons. The average molecular weight is 617 g/mol. The molecular weight excluding hydrogens is 582 g/mol. The van der Waals surface area contributed by atoms with Gasteiger partial charge in [0.05, 0.1) is 17.7 Å². The van der Waals surface area contributed by atoms with E-state index in [0.717, 1.165) is 16.3 Å². The number of anilines is 1. The number of amides is 2. The third-order valence-corrected chi connectivity index (χ3v) is 8.43. The first-order chi connectivity index (χ1) is 18.7. The van der Waals surface area contributed by atoms with Crippen molar-refractivity contribution >= 4 is 43.5 Å².